The first-order valence-corrected chi connectivity index (χ1v) is 5.08. The summed E-state index contributed by atoms with van der Waals surface area (Å²) in [6.07, 6.45) is 0. The largest absolute Gasteiger partial charge is 0.454 e. The van der Waals surface area contributed by atoms with E-state index in [1.54, 1.807) is 0 Å². The number of hydrogen-bond acceptors (Lipinski definition) is 4. The predicted molar refractivity (Wildman–Crippen MR) is 57.5 cm³/mol. The molecular weight excluding hydrogens is 206 g/mol. The summed E-state index contributed by atoms with van der Waals surface area (Å²) in [7, 11) is 0. The Hall–Kier alpha value is -1.97. The van der Waals surface area contributed by atoms with Gasteiger partial charge < -0.3 is 13.9 Å². The zero-order valence-corrected chi connectivity index (χ0v) is 9.11. The maximum atomic E-state index is 5.55. The number of benzene rings is 1. The second kappa shape index (κ2) is 3.27. The zero-order chi connectivity index (χ0) is 11.1. The van der Waals surface area contributed by atoms with E-state index in [-0.39, 0.29) is 6.79 Å². The van der Waals surface area contributed by atoms with Crippen LogP contribution in [0.4, 0.5) is 0 Å². The van der Waals surface area contributed by atoms with E-state index in [0.29, 0.717) is 5.89 Å². The Morgan fingerprint density at radius 3 is 2.69 bits per heavy atom. The topological polar surface area (TPSA) is 44.5 Å². The molecule has 0 atom stereocenters. The minimum atomic E-state index is 0.285. The Bertz CT molecular complexity index is 545. The summed E-state index contributed by atoms with van der Waals surface area (Å²) < 4.78 is 16.1. The van der Waals surface area contributed by atoms with Gasteiger partial charge in [0.15, 0.2) is 23.1 Å². The fourth-order valence-corrected chi connectivity index (χ4v) is 1.84. The van der Waals surface area contributed by atoms with Gasteiger partial charge in [0, 0.05) is 12.5 Å². The summed E-state index contributed by atoms with van der Waals surface area (Å²) in [5.74, 6) is 2.99. The van der Waals surface area contributed by atoms with Crippen molar-refractivity contribution in [3.05, 3.63) is 29.8 Å². The predicted octanol–water partition coefficient (Wildman–Crippen LogP) is 2.69. The van der Waals surface area contributed by atoms with Crippen LogP contribution in [0.2, 0.25) is 0 Å². The van der Waals surface area contributed by atoms with Gasteiger partial charge in [-0.1, -0.05) is 0 Å². The van der Waals surface area contributed by atoms with Crippen molar-refractivity contribution in [1.82, 2.24) is 4.98 Å². The fourth-order valence-electron chi connectivity index (χ4n) is 1.84. The van der Waals surface area contributed by atoms with Crippen LogP contribution in [0, 0.1) is 13.8 Å². The third-order valence-corrected chi connectivity index (χ3v) is 2.54. The van der Waals surface area contributed by atoms with Crippen LogP contribution in [0.5, 0.6) is 11.5 Å². The molecule has 0 aliphatic carbocycles. The molecule has 4 nitrogen and oxygen atoms in total. The van der Waals surface area contributed by atoms with E-state index in [0.717, 1.165) is 28.5 Å². The first kappa shape index (κ1) is 9.27. The van der Waals surface area contributed by atoms with Gasteiger partial charge in [-0.15, -0.1) is 0 Å². The van der Waals surface area contributed by atoms with E-state index >= 15 is 0 Å². The van der Waals surface area contributed by atoms with Crippen LogP contribution < -0.4 is 9.47 Å². The summed E-state index contributed by atoms with van der Waals surface area (Å²) in [4.78, 5) is 4.24. The molecule has 0 saturated carbocycles. The molecule has 4 heteroatoms. The Morgan fingerprint density at radius 2 is 1.94 bits per heavy atom. The van der Waals surface area contributed by atoms with Crippen LogP contribution in [-0.2, 0) is 0 Å². The van der Waals surface area contributed by atoms with Crippen LogP contribution in [0.1, 0.15) is 11.6 Å². The zero-order valence-electron chi connectivity index (χ0n) is 9.11. The normalized spacial score (nSPS) is 13.1. The molecule has 0 radical (unpaired) electrons. The molecule has 3 rings (SSSR count). The summed E-state index contributed by atoms with van der Waals surface area (Å²) in [5.41, 5.74) is 1.85. The van der Waals surface area contributed by atoms with Gasteiger partial charge in [-0.3, -0.25) is 0 Å². The lowest BCUT2D eigenvalue weighted by Gasteiger charge is -2.00. The Kier molecular flexibility index (Phi) is 1.89. The lowest BCUT2D eigenvalue weighted by atomic mass is 10.1. The molecule has 1 aromatic carbocycles. The monoisotopic (exact) mass is 217 g/mol. The molecule has 0 fully saturated rings. The maximum absolute atomic E-state index is 5.55. The van der Waals surface area contributed by atoms with Gasteiger partial charge in [-0.25, -0.2) is 4.98 Å². The highest BCUT2D eigenvalue weighted by molar-refractivity contribution is 5.64. The second-order valence-corrected chi connectivity index (χ2v) is 3.72. The van der Waals surface area contributed by atoms with Crippen LogP contribution in [0.3, 0.4) is 0 Å². The van der Waals surface area contributed by atoms with Gasteiger partial charge in [0.05, 0.1) is 5.69 Å². The lowest BCUT2D eigenvalue weighted by Crippen LogP contribution is -1.92. The standard InChI is InChI=1S/C12H11NO3/c1-7-12(16-8(2)13-7)9-3-4-10-11(5-9)15-6-14-10/h3-5H,6H2,1-2H3. The summed E-state index contributed by atoms with van der Waals surface area (Å²) in [6, 6.07) is 5.74. The first-order chi connectivity index (χ1) is 7.74. The molecule has 0 saturated heterocycles. The Balaban J connectivity index is 2.10. The molecule has 1 aliphatic rings. The highest BCUT2D eigenvalue weighted by atomic mass is 16.7. The fraction of sp³-hybridized carbons (Fsp3) is 0.250. The van der Waals surface area contributed by atoms with Crippen molar-refractivity contribution in [2.75, 3.05) is 6.79 Å². The third kappa shape index (κ3) is 1.34. The van der Waals surface area contributed by atoms with Crippen molar-refractivity contribution in [3.63, 3.8) is 0 Å². The molecular formula is C12H11NO3. The van der Waals surface area contributed by atoms with E-state index in [4.69, 9.17) is 13.9 Å². The average Bonchev–Trinajstić information content (AvgIpc) is 2.83. The molecule has 0 unspecified atom stereocenters. The van der Waals surface area contributed by atoms with Crippen LogP contribution in [-0.4, -0.2) is 11.8 Å². The van der Waals surface area contributed by atoms with Gasteiger partial charge in [0.2, 0.25) is 6.79 Å². The van der Waals surface area contributed by atoms with Gasteiger partial charge in [-0.05, 0) is 25.1 Å². The van der Waals surface area contributed by atoms with Gasteiger partial charge >= 0.3 is 0 Å². The van der Waals surface area contributed by atoms with Crippen LogP contribution >= 0.6 is 0 Å². The van der Waals surface area contributed by atoms with E-state index in [1.165, 1.54) is 0 Å². The molecule has 0 amide bonds. The average molecular weight is 217 g/mol. The number of nitrogens with zero attached hydrogens (tertiary/aromatic N) is 1. The molecule has 0 N–H and O–H groups in total. The van der Waals surface area contributed by atoms with E-state index < -0.39 is 0 Å². The third-order valence-electron chi connectivity index (χ3n) is 2.54. The maximum Gasteiger partial charge on any atom is 0.231 e. The van der Waals surface area contributed by atoms with Crippen molar-refractivity contribution in [1.29, 1.82) is 0 Å². The minimum absolute atomic E-state index is 0.285. The van der Waals surface area contributed by atoms with Crippen molar-refractivity contribution < 1.29 is 13.9 Å². The van der Waals surface area contributed by atoms with Crippen molar-refractivity contribution in [2.45, 2.75) is 13.8 Å². The first-order valence-electron chi connectivity index (χ1n) is 5.08. The van der Waals surface area contributed by atoms with E-state index in [9.17, 15) is 0 Å². The number of aryl methyl sites for hydroxylation is 2. The number of ether oxygens (including phenoxy) is 2. The smallest absolute Gasteiger partial charge is 0.231 e. The lowest BCUT2D eigenvalue weighted by molar-refractivity contribution is 0.174. The number of rotatable bonds is 1. The molecule has 1 aliphatic heterocycles. The van der Waals surface area contributed by atoms with Crippen molar-refractivity contribution in [2.24, 2.45) is 0 Å². The molecule has 82 valence electrons. The molecule has 2 aromatic rings. The quantitative estimate of drug-likeness (QED) is 0.736. The SMILES string of the molecule is Cc1nc(C)c(-c2ccc3c(c2)OCO3)o1. The summed E-state index contributed by atoms with van der Waals surface area (Å²) >= 11 is 0. The summed E-state index contributed by atoms with van der Waals surface area (Å²) in [6.45, 7) is 4.05. The van der Waals surface area contributed by atoms with Gasteiger partial charge in [0.1, 0.15) is 0 Å². The van der Waals surface area contributed by atoms with Crippen LogP contribution in [0.25, 0.3) is 11.3 Å². The van der Waals surface area contributed by atoms with Gasteiger partial charge in [-0.2, -0.15) is 0 Å². The Morgan fingerprint density at radius 1 is 1.12 bits per heavy atom. The number of hydrogen-bond donors (Lipinski definition) is 0. The number of fused-ring (bicyclic) bond motifs is 1. The molecule has 0 spiro atoms. The Labute approximate surface area is 92.8 Å². The van der Waals surface area contributed by atoms with Crippen molar-refractivity contribution >= 4 is 0 Å². The van der Waals surface area contributed by atoms with E-state index in [1.807, 2.05) is 32.0 Å². The van der Waals surface area contributed by atoms with Crippen LogP contribution in [0.15, 0.2) is 22.6 Å². The minimum Gasteiger partial charge on any atom is -0.454 e. The second-order valence-electron chi connectivity index (χ2n) is 3.72. The van der Waals surface area contributed by atoms with Crippen molar-refractivity contribution in [3.8, 4) is 22.8 Å². The highest BCUT2D eigenvalue weighted by Gasteiger charge is 2.16. The molecule has 16 heavy (non-hydrogen) atoms. The van der Waals surface area contributed by atoms with Gasteiger partial charge in [0.25, 0.3) is 0 Å². The molecule has 1 aromatic heterocycles. The number of oxazole rings is 1. The van der Waals surface area contributed by atoms with E-state index in [2.05, 4.69) is 4.98 Å². The molecule has 0 bridgehead atoms. The highest BCUT2D eigenvalue weighted by Crippen LogP contribution is 2.36. The molecule has 2 heterocycles. The summed E-state index contributed by atoms with van der Waals surface area (Å²) in [5, 5.41) is 0. The number of aromatic nitrogens is 1.